The van der Waals surface area contributed by atoms with Crippen LogP contribution in [0.2, 0.25) is 0 Å². The second-order valence-electron chi connectivity index (χ2n) is 8.58. The zero-order valence-corrected chi connectivity index (χ0v) is 19.4. The highest BCUT2D eigenvalue weighted by molar-refractivity contribution is 6.12. The summed E-state index contributed by atoms with van der Waals surface area (Å²) in [5, 5.41) is 0.725. The molecule has 1 aliphatic carbocycles. The highest BCUT2D eigenvalue weighted by atomic mass is 19.4. The van der Waals surface area contributed by atoms with E-state index in [-0.39, 0.29) is 18.3 Å². The molecule has 2 heterocycles. The van der Waals surface area contributed by atoms with Gasteiger partial charge >= 0.3 is 12.2 Å². The van der Waals surface area contributed by atoms with Gasteiger partial charge in [-0.15, -0.1) is 0 Å². The molecule has 0 unspecified atom stereocenters. The van der Waals surface area contributed by atoms with Gasteiger partial charge in [0.1, 0.15) is 18.4 Å². The van der Waals surface area contributed by atoms with Crippen molar-refractivity contribution in [3.8, 4) is 17.2 Å². The number of urea groups is 1. The van der Waals surface area contributed by atoms with Crippen molar-refractivity contribution in [2.75, 3.05) is 25.7 Å². The maximum atomic E-state index is 13.1. The van der Waals surface area contributed by atoms with E-state index in [9.17, 15) is 22.8 Å². The van der Waals surface area contributed by atoms with E-state index in [1.807, 2.05) is 0 Å². The third-order valence-corrected chi connectivity index (χ3v) is 6.42. The van der Waals surface area contributed by atoms with Gasteiger partial charge in [0.25, 0.3) is 5.91 Å². The summed E-state index contributed by atoms with van der Waals surface area (Å²) in [4.78, 5) is 32.1. The summed E-state index contributed by atoms with van der Waals surface area (Å²) in [6, 6.07) is 8.61. The summed E-state index contributed by atoms with van der Waals surface area (Å²) >= 11 is 0. The molecule has 2 fully saturated rings. The van der Waals surface area contributed by atoms with Gasteiger partial charge in [0.15, 0.2) is 11.5 Å². The number of pyridine rings is 1. The third-order valence-electron chi connectivity index (χ3n) is 6.42. The predicted molar refractivity (Wildman–Crippen MR) is 123 cm³/mol. The second-order valence-corrected chi connectivity index (χ2v) is 8.58. The van der Waals surface area contributed by atoms with Crippen molar-refractivity contribution in [2.45, 2.75) is 31.2 Å². The number of ether oxygens (including phenoxy) is 3. The number of alkyl halides is 3. The first-order valence-corrected chi connectivity index (χ1v) is 11.2. The molecule has 0 atom stereocenters. The maximum Gasteiger partial charge on any atom is 0.416 e. The molecule has 2 aromatic carbocycles. The Morgan fingerprint density at radius 1 is 0.972 bits per heavy atom. The number of aromatic nitrogens is 1. The van der Waals surface area contributed by atoms with E-state index in [1.54, 1.807) is 24.4 Å². The molecule has 5 rings (SSSR count). The summed E-state index contributed by atoms with van der Waals surface area (Å²) in [5.74, 6) is 1.19. The van der Waals surface area contributed by atoms with Gasteiger partial charge in [-0.2, -0.15) is 13.2 Å². The lowest BCUT2D eigenvalue weighted by atomic mass is 9.88. The number of carbonyl (C=O) groups excluding carboxylic acids is 2. The van der Waals surface area contributed by atoms with Gasteiger partial charge in [0, 0.05) is 42.2 Å². The van der Waals surface area contributed by atoms with Gasteiger partial charge in [-0.3, -0.25) is 19.6 Å². The number of rotatable bonds is 6. The van der Waals surface area contributed by atoms with E-state index in [0.717, 1.165) is 27.3 Å². The fourth-order valence-corrected chi connectivity index (χ4v) is 4.50. The fourth-order valence-electron chi connectivity index (χ4n) is 4.50. The molecule has 2 aliphatic rings. The summed E-state index contributed by atoms with van der Waals surface area (Å²) in [6.45, 7) is -0.307. The minimum absolute atomic E-state index is 0.0328. The number of amides is 3. The van der Waals surface area contributed by atoms with Crippen LogP contribution in [0.3, 0.4) is 0 Å². The molecular formula is C25H22F3N3O5. The average molecular weight is 501 g/mol. The van der Waals surface area contributed by atoms with Crippen molar-refractivity contribution < 1.29 is 37.0 Å². The molecular weight excluding hydrogens is 479 g/mol. The number of methoxy groups -OCH3 is 2. The van der Waals surface area contributed by atoms with Crippen molar-refractivity contribution in [1.29, 1.82) is 0 Å². The Morgan fingerprint density at radius 2 is 1.69 bits per heavy atom. The third kappa shape index (κ3) is 4.14. The second kappa shape index (κ2) is 8.89. The van der Waals surface area contributed by atoms with E-state index < -0.39 is 29.7 Å². The zero-order chi connectivity index (χ0) is 25.6. The Hall–Kier alpha value is -4.02. The molecule has 1 aromatic heterocycles. The first-order chi connectivity index (χ1) is 17.2. The summed E-state index contributed by atoms with van der Waals surface area (Å²) in [5.41, 5.74) is -0.192. The van der Waals surface area contributed by atoms with E-state index in [2.05, 4.69) is 4.98 Å². The van der Waals surface area contributed by atoms with Crippen molar-refractivity contribution in [3.05, 3.63) is 54.2 Å². The van der Waals surface area contributed by atoms with Crippen LogP contribution in [0.25, 0.3) is 10.9 Å². The largest absolute Gasteiger partial charge is 0.493 e. The lowest BCUT2D eigenvalue weighted by Gasteiger charge is -2.39. The highest BCUT2D eigenvalue weighted by Gasteiger charge is 2.47. The first kappa shape index (κ1) is 23.7. The SMILES string of the molecule is COc1cc2nccc(O[C@H]3C[C@H](N4C(=O)CN(c5cccc(C(F)(F)F)c5)C4=O)C3)c2cc1OC. The molecule has 1 saturated heterocycles. The van der Waals surface area contributed by atoms with Crippen LogP contribution in [0.5, 0.6) is 17.2 Å². The van der Waals surface area contributed by atoms with Crippen molar-refractivity contribution in [2.24, 2.45) is 0 Å². The van der Waals surface area contributed by atoms with Crippen LogP contribution < -0.4 is 19.1 Å². The Bertz CT molecular complexity index is 1340. The Kier molecular flexibility index (Phi) is 5.85. The average Bonchev–Trinajstić information content (AvgIpc) is 3.13. The van der Waals surface area contributed by atoms with Gasteiger partial charge in [0.05, 0.1) is 25.3 Å². The van der Waals surface area contributed by atoms with Crippen LogP contribution in [0.1, 0.15) is 18.4 Å². The van der Waals surface area contributed by atoms with Crippen LogP contribution in [-0.2, 0) is 11.0 Å². The molecule has 1 aliphatic heterocycles. The molecule has 0 radical (unpaired) electrons. The molecule has 1 saturated carbocycles. The van der Waals surface area contributed by atoms with Gasteiger partial charge in [-0.25, -0.2) is 4.79 Å². The van der Waals surface area contributed by atoms with Crippen LogP contribution in [0.4, 0.5) is 23.7 Å². The van der Waals surface area contributed by atoms with Crippen molar-refractivity contribution in [1.82, 2.24) is 9.88 Å². The molecule has 3 aromatic rings. The summed E-state index contributed by atoms with van der Waals surface area (Å²) in [6.07, 6.45) is -2.37. The standard InChI is InChI=1S/C25H22F3N3O5/c1-34-21-11-18-19(12-22(21)35-2)29-7-6-20(18)36-17-9-16(10-17)31-23(32)13-30(24(31)33)15-5-3-4-14(8-15)25(26,27)28/h3-8,11-12,16-17H,9-10,13H2,1-2H3/t16-,17-. The number of fused-ring (bicyclic) bond motifs is 1. The molecule has 36 heavy (non-hydrogen) atoms. The number of nitrogens with zero attached hydrogens (tertiary/aromatic N) is 3. The highest BCUT2D eigenvalue weighted by Crippen LogP contribution is 2.39. The number of benzene rings is 2. The number of anilines is 1. The number of carbonyl (C=O) groups is 2. The Labute approximate surface area is 204 Å². The molecule has 0 bridgehead atoms. The minimum Gasteiger partial charge on any atom is -0.493 e. The lowest BCUT2D eigenvalue weighted by Crippen LogP contribution is -2.52. The van der Waals surface area contributed by atoms with E-state index in [4.69, 9.17) is 14.2 Å². The molecule has 8 nitrogen and oxygen atoms in total. The van der Waals surface area contributed by atoms with Crippen molar-refractivity contribution in [3.63, 3.8) is 0 Å². The topological polar surface area (TPSA) is 81.2 Å². The van der Waals surface area contributed by atoms with Crippen LogP contribution >= 0.6 is 0 Å². The lowest BCUT2D eigenvalue weighted by molar-refractivity contribution is -0.137. The minimum atomic E-state index is -4.55. The van der Waals surface area contributed by atoms with Gasteiger partial charge in [0.2, 0.25) is 0 Å². The molecule has 3 amide bonds. The normalized spacial score (nSPS) is 20.0. The van der Waals surface area contributed by atoms with Gasteiger partial charge in [-0.05, 0) is 30.3 Å². The van der Waals surface area contributed by atoms with E-state index in [0.29, 0.717) is 35.6 Å². The van der Waals surface area contributed by atoms with Crippen LogP contribution in [0.15, 0.2) is 48.7 Å². The van der Waals surface area contributed by atoms with Gasteiger partial charge < -0.3 is 14.2 Å². The molecule has 188 valence electrons. The Morgan fingerprint density at radius 3 is 2.39 bits per heavy atom. The molecule has 11 heteroatoms. The monoisotopic (exact) mass is 501 g/mol. The van der Waals surface area contributed by atoms with Gasteiger partial charge in [-0.1, -0.05) is 6.07 Å². The summed E-state index contributed by atoms with van der Waals surface area (Å²) in [7, 11) is 3.07. The van der Waals surface area contributed by atoms with Crippen molar-refractivity contribution >= 4 is 28.5 Å². The number of halogens is 3. The zero-order valence-electron chi connectivity index (χ0n) is 19.4. The number of hydrogen-bond donors (Lipinski definition) is 0. The predicted octanol–water partition coefficient (Wildman–Crippen LogP) is 4.65. The quantitative estimate of drug-likeness (QED) is 0.458. The van der Waals surface area contributed by atoms with E-state index >= 15 is 0 Å². The molecule has 0 N–H and O–H groups in total. The van der Waals surface area contributed by atoms with Crippen LogP contribution in [-0.4, -0.2) is 54.7 Å². The first-order valence-electron chi connectivity index (χ1n) is 11.2. The number of hydrogen-bond acceptors (Lipinski definition) is 6. The summed E-state index contributed by atoms with van der Waals surface area (Å²) < 4.78 is 56.1. The van der Waals surface area contributed by atoms with E-state index in [1.165, 1.54) is 26.4 Å². The molecule has 0 spiro atoms. The van der Waals surface area contributed by atoms with Crippen LogP contribution in [0, 0.1) is 0 Å². The maximum absolute atomic E-state index is 13.1. The fraction of sp³-hybridized carbons (Fsp3) is 0.320. The number of imide groups is 1. The Balaban J connectivity index is 1.28. The smallest absolute Gasteiger partial charge is 0.416 e.